The van der Waals surface area contributed by atoms with Gasteiger partial charge in [-0.2, -0.15) is 0 Å². The number of hydrogen-bond donors (Lipinski definition) is 2. The summed E-state index contributed by atoms with van der Waals surface area (Å²) in [5.41, 5.74) is 2.18. The van der Waals surface area contributed by atoms with Crippen molar-refractivity contribution < 1.29 is 4.79 Å². The van der Waals surface area contributed by atoms with E-state index in [-0.39, 0.29) is 5.91 Å². The molecule has 2 aliphatic carbocycles. The van der Waals surface area contributed by atoms with Gasteiger partial charge in [-0.05, 0) is 37.7 Å². The lowest BCUT2D eigenvalue weighted by molar-refractivity contribution is -0.119. The number of aromatic amines is 1. The molecule has 2 fully saturated rings. The predicted molar refractivity (Wildman–Crippen MR) is 116 cm³/mol. The van der Waals surface area contributed by atoms with Crippen LogP contribution >= 0.6 is 11.8 Å². The fourth-order valence-corrected chi connectivity index (χ4v) is 5.20. The van der Waals surface area contributed by atoms with Crippen molar-refractivity contribution >= 4 is 28.6 Å². The monoisotopic (exact) mass is 409 g/mol. The third kappa shape index (κ3) is 3.80. The molecule has 0 radical (unpaired) electrons. The zero-order chi connectivity index (χ0) is 19.8. The van der Waals surface area contributed by atoms with Crippen LogP contribution in [0.2, 0.25) is 0 Å². The van der Waals surface area contributed by atoms with Crippen molar-refractivity contribution in [2.75, 3.05) is 5.75 Å². The number of nitrogens with one attached hydrogen (secondary N) is 2. The van der Waals surface area contributed by atoms with E-state index in [1.54, 1.807) is 0 Å². The molecule has 29 heavy (non-hydrogen) atoms. The van der Waals surface area contributed by atoms with Crippen LogP contribution in [0.15, 0.2) is 35.6 Å². The molecule has 152 valence electrons. The number of carbonyl (C=O) groups is 1. The van der Waals surface area contributed by atoms with E-state index in [0.29, 0.717) is 23.8 Å². The molecule has 2 atom stereocenters. The van der Waals surface area contributed by atoms with E-state index in [4.69, 9.17) is 0 Å². The number of amides is 1. The highest BCUT2D eigenvalue weighted by molar-refractivity contribution is 7.99. The van der Waals surface area contributed by atoms with Crippen LogP contribution in [0, 0.1) is 5.92 Å². The van der Waals surface area contributed by atoms with Gasteiger partial charge < -0.3 is 10.3 Å². The van der Waals surface area contributed by atoms with E-state index in [0.717, 1.165) is 46.7 Å². The molecule has 3 aromatic rings. The molecule has 2 saturated carbocycles. The number of hydrogen-bond acceptors (Lipinski definition) is 4. The summed E-state index contributed by atoms with van der Waals surface area (Å²) < 4.78 is 2.23. The van der Waals surface area contributed by atoms with Gasteiger partial charge in [0.25, 0.3) is 0 Å². The highest BCUT2D eigenvalue weighted by Gasteiger charge is 2.31. The first-order chi connectivity index (χ1) is 14.2. The summed E-state index contributed by atoms with van der Waals surface area (Å²) in [7, 11) is 0. The highest BCUT2D eigenvalue weighted by atomic mass is 32.2. The SMILES string of the molecule is C[C@@H]1CCCC[C@H]1NC(=O)CSc1nnc(-c2c[nH]c3ccccc23)n1C1CC1. The number of thioether (sulfide) groups is 1. The van der Waals surface area contributed by atoms with Gasteiger partial charge >= 0.3 is 0 Å². The van der Waals surface area contributed by atoms with Gasteiger partial charge in [0.15, 0.2) is 11.0 Å². The van der Waals surface area contributed by atoms with Gasteiger partial charge in [0.2, 0.25) is 5.91 Å². The Bertz CT molecular complexity index is 1020. The number of aromatic nitrogens is 4. The maximum absolute atomic E-state index is 12.5. The predicted octanol–water partition coefficient (Wildman–Crippen LogP) is 4.55. The van der Waals surface area contributed by atoms with E-state index in [9.17, 15) is 4.79 Å². The molecule has 6 nitrogen and oxygen atoms in total. The Hall–Kier alpha value is -2.28. The average molecular weight is 410 g/mol. The molecule has 2 heterocycles. The number of H-pyrrole nitrogens is 1. The largest absolute Gasteiger partial charge is 0.360 e. The minimum Gasteiger partial charge on any atom is -0.360 e. The fourth-order valence-electron chi connectivity index (χ4n) is 4.39. The maximum atomic E-state index is 12.5. The normalized spacial score (nSPS) is 22.1. The van der Waals surface area contributed by atoms with Crippen LogP contribution in [-0.4, -0.2) is 37.5 Å². The van der Waals surface area contributed by atoms with Crippen molar-refractivity contribution in [1.29, 1.82) is 0 Å². The third-order valence-corrected chi connectivity index (χ3v) is 7.14. The zero-order valence-corrected chi connectivity index (χ0v) is 17.5. The van der Waals surface area contributed by atoms with Gasteiger partial charge in [-0.15, -0.1) is 10.2 Å². The van der Waals surface area contributed by atoms with Crippen LogP contribution in [0.5, 0.6) is 0 Å². The van der Waals surface area contributed by atoms with Crippen LogP contribution in [0.4, 0.5) is 0 Å². The second-order valence-electron chi connectivity index (χ2n) is 8.38. The van der Waals surface area contributed by atoms with Crippen molar-refractivity contribution in [1.82, 2.24) is 25.1 Å². The molecule has 1 amide bonds. The number of para-hydroxylation sites is 1. The minimum absolute atomic E-state index is 0.104. The molecule has 7 heteroatoms. The summed E-state index contributed by atoms with van der Waals surface area (Å²) >= 11 is 1.50. The van der Waals surface area contributed by atoms with Crippen molar-refractivity contribution in [3.63, 3.8) is 0 Å². The van der Waals surface area contributed by atoms with Crippen LogP contribution in [0.1, 0.15) is 51.5 Å². The van der Waals surface area contributed by atoms with Crippen molar-refractivity contribution in [2.24, 2.45) is 5.92 Å². The number of benzene rings is 1. The number of nitrogens with zero attached hydrogens (tertiary/aromatic N) is 3. The van der Waals surface area contributed by atoms with Crippen molar-refractivity contribution in [2.45, 2.75) is 62.7 Å². The number of carbonyl (C=O) groups excluding carboxylic acids is 1. The van der Waals surface area contributed by atoms with Crippen LogP contribution in [0.25, 0.3) is 22.3 Å². The summed E-state index contributed by atoms with van der Waals surface area (Å²) in [5, 5.41) is 14.2. The summed E-state index contributed by atoms with van der Waals surface area (Å²) in [6.07, 6.45) is 9.11. The Morgan fingerprint density at radius 3 is 2.86 bits per heavy atom. The van der Waals surface area contributed by atoms with Gasteiger partial charge in [0, 0.05) is 34.7 Å². The Kier molecular flexibility index (Phi) is 5.08. The van der Waals surface area contributed by atoms with Crippen LogP contribution in [-0.2, 0) is 4.79 Å². The first kappa shape index (κ1) is 18.7. The molecule has 0 bridgehead atoms. The molecule has 0 saturated heterocycles. The number of fused-ring (bicyclic) bond motifs is 1. The Morgan fingerprint density at radius 1 is 1.21 bits per heavy atom. The maximum Gasteiger partial charge on any atom is 0.230 e. The van der Waals surface area contributed by atoms with Gasteiger partial charge in [0.1, 0.15) is 0 Å². The molecule has 2 N–H and O–H groups in total. The van der Waals surface area contributed by atoms with E-state index >= 15 is 0 Å². The lowest BCUT2D eigenvalue weighted by atomic mass is 9.86. The van der Waals surface area contributed by atoms with E-state index in [1.807, 2.05) is 18.3 Å². The molecule has 2 aromatic heterocycles. The van der Waals surface area contributed by atoms with Gasteiger partial charge in [-0.25, -0.2) is 0 Å². The average Bonchev–Trinajstić information content (AvgIpc) is 3.34. The third-order valence-electron chi connectivity index (χ3n) is 6.20. The lowest BCUT2D eigenvalue weighted by Gasteiger charge is -2.29. The summed E-state index contributed by atoms with van der Waals surface area (Å²) in [4.78, 5) is 15.9. The molecule has 2 aliphatic rings. The van der Waals surface area contributed by atoms with Crippen molar-refractivity contribution in [3.8, 4) is 11.4 Å². The Morgan fingerprint density at radius 2 is 2.03 bits per heavy atom. The summed E-state index contributed by atoms with van der Waals surface area (Å²) in [5.74, 6) is 1.96. The number of rotatable bonds is 6. The fraction of sp³-hybridized carbons (Fsp3) is 0.500. The van der Waals surface area contributed by atoms with Crippen LogP contribution < -0.4 is 5.32 Å². The Balaban J connectivity index is 1.33. The smallest absolute Gasteiger partial charge is 0.230 e. The molecule has 0 unspecified atom stereocenters. The summed E-state index contributed by atoms with van der Waals surface area (Å²) in [6, 6.07) is 9.02. The van der Waals surface area contributed by atoms with Crippen LogP contribution in [0.3, 0.4) is 0 Å². The molecule has 1 aromatic carbocycles. The van der Waals surface area contributed by atoms with Gasteiger partial charge in [-0.1, -0.05) is 49.7 Å². The van der Waals surface area contributed by atoms with Gasteiger partial charge in [0.05, 0.1) is 5.75 Å². The van der Waals surface area contributed by atoms with Crippen molar-refractivity contribution in [3.05, 3.63) is 30.5 Å². The lowest BCUT2D eigenvalue weighted by Crippen LogP contribution is -2.41. The zero-order valence-electron chi connectivity index (χ0n) is 16.7. The second-order valence-corrected chi connectivity index (χ2v) is 9.32. The molecule has 0 spiro atoms. The molecule has 5 rings (SSSR count). The van der Waals surface area contributed by atoms with E-state index in [2.05, 4.69) is 44.1 Å². The first-order valence-electron chi connectivity index (χ1n) is 10.6. The molecule has 0 aliphatic heterocycles. The topological polar surface area (TPSA) is 75.6 Å². The first-order valence-corrected chi connectivity index (χ1v) is 11.6. The second kappa shape index (κ2) is 7.86. The summed E-state index contributed by atoms with van der Waals surface area (Å²) in [6.45, 7) is 2.24. The minimum atomic E-state index is 0.104. The Labute approximate surface area is 174 Å². The highest BCUT2D eigenvalue weighted by Crippen LogP contribution is 2.42. The standard InChI is InChI=1S/C22H27N5OS/c1-14-6-2-4-8-18(14)24-20(28)13-29-22-26-25-21(27(22)15-10-11-15)17-12-23-19-9-5-3-7-16(17)19/h3,5,7,9,12,14-15,18,23H,2,4,6,8,10-11,13H2,1H3,(H,24,28)/t14-,18-/m1/s1. The molecular weight excluding hydrogens is 382 g/mol. The quantitative estimate of drug-likeness (QED) is 0.586. The molecular formula is C22H27N5OS. The van der Waals surface area contributed by atoms with Gasteiger partial charge in [-0.3, -0.25) is 9.36 Å². The van der Waals surface area contributed by atoms with E-state index < -0.39 is 0 Å². The van der Waals surface area contributed by atoms with E-state index in [1.165, 1.54) is 31.0 Å².